The summed E-state index contributed by atoms with van der Waals surface area (Å²) in [4.78, 5) is 30.5. The quantitative estimate of drug-likeness (QED) is 0.426. The first-order valence-electron chi connectivity index (χ1n) is 5.70. The third kappa shape index (κ3) is 2.49. The number of benzene rings is 1. The number of carbonyl (C=O) groups excluding carboxylic acids is 1. The number of rotatable bonds is 2. The van der Waals surface area contributed by atoms with Crippen LogP contribution in [-0.4, -0.2) is 27.0 Å². The van der Waals surface area contributed by atoms with Gasteiger partial charge >= 0.3 is 35.5 Å². The second-order valence-electron chi connectivity index (χ2n) is 4.17. The van der Waals surface area contributed by atoms with E-state index in [2.05, 4.69) is 9.97 Å². The summed E-state index contributed by atoms with van der Waals surface area (Å²) in [6.45, 7) is 0. The Morgan fingerprint density at radius 2 is 1.38 bits per heavy atom. The van der Waals surface area contributed by atoms with Gasteiger partial charge in [0.05, 0.1) is 22.6 Å². The molecule has 2 heterocycles. The molecule has 0 amide bonds. The predicted octanol–water partition coefficient (Wildman–Crippen LogP) is -2.15. The minimum Gasteiger partial charge on any atom is -0.545 e. The van der Waals surface area contributed by atoms with Crippen LogP contribution in [-0.2, 0) is 0 Å². The summed E-state index contributed by atoms with van der Waals surface area (Å²) in [6.07, 6.45) is 2.70. The van der Waals surface area contributed by atoms with Crippen LogP contribution in [0.25, 0.3) is 21.8 Å². The number of hydrogen-bond acceptors (Lipinski definition) is 5. The Bertz CT molecular complexity index is 807. The van der Waals surface area contributed by atoms with Crippen molar-refractivity contribution in [1.29, 1.82) is 0 Å². The molecule has 0 saturated heterocycles. The smallest absolute Gasteiger partial charge is 0.545 e. The van der Waals surface area contributed by atoms with E-state index in [9.17, 15) is 14.7 Å². The van der Waals surface area contributed by atoms with Gasteiger partial charge in [0.1, 0.15) is 0 Å². The molecule has 0 spiro atoms. The summed E-state index contributed by atoms with van der Waals surface area (Å²) in [5.41, 5.74) is 0.787. The summed E-state index contributed by atoms with van der Waals surface area (Å²) >= 11 is 0. The molecule has 21 heavy (non-hydrogen) atoms. The number of carboxylic acid groups (broad SMARTS) is 2. The molecule has 0 aliphatic heterocycles. The molecule has 6 nitrogen and oxygen atoms in total. The zero-order chi connectivity index (χ0) is 14.3. The SMILES string of the molecule is O=C([O-])c1ccnc2c1ccc1c(C(=O)O)ccnc12.[Na+]. The summed E-state index contributed by atoms with van der Waals surface area (Å²) in [5, 5.41) is 21.0. The van der Waals surface area contributed by atoms with Crippen LogP contribution in [0, 0.1) is 0 Å². The Hall–Kier alpha value is -2.02. The van der Waals surface area contributed by atoms with Crippen molar-refractivity contribution in [2.45, 2.75) is 0 Å². The van der Waals surface area contributed by atoms with Gasteiger partial charge < -0.3 is 15.0 Å². The van der Waals surface area contributed by atoms with Gasteiger partial charge in [-0.05, 0) is 12.1 Å². The normalized spacial score (nSPS) is 10.3. The van der Waals surface area contributed by atoms with Crippen molar-refractivity contribution in [2.75, 3.05) is 0 Å². The molecule has 3 rings (SSSR count). The van der Waals surface area contributed by atoms with E-state index in [4.69, 9.17) is 5.11 Å². The molecule has 0 bridgehead atoms. The van der Waals surface area contributed by atoms with Gasteiger partial charge in [-0.2, -0.15) is 0 Å². The Morgan fingerprint density at radius 1 is 0.905 bits per heavy atom. The molecule has 0 unspecified atom stereocenters. The Labute approximate surface area is 140 Å². The van der Waals surface area contributed by atoms with Gasteiger partial charge in [0, 0.05) is 28.7 Å². The van der Waals surface area contributed by atoms with Gasteiger partial charge in [0.2, 0.25) is 0 Å². The van der Waals surface area contributed by atoms with E-state index in [1.54, 1.807) is 0 Å². The molecule has 0 aliphatic rings. The fourth-order valence-corrected chi connectivity index (χ4v) is 2.19. The molecule has 1 N–H and O–H groups in total. The van der Waals surface area contributed by atoms with Crippen LogP contribution >= 0.6 is 0 Å². The van der Waals surface area contributed by atoms with Crippen LogP contribution in [0.1, 0.15) is 20.7 Å². The average Bonchev–Trinajstić information content (AvgIpc) is 2.45. The van der Waals surface area contributed by atoms with E-state index in [1.807, 2.05) is 0 Å². The van der Waals surface area contributed by atoms with Crippen molar-refractivity contribution in [2.24, 2.45) is 0 Å². The molecule has 1 aromatic carbocycles. The standard InChI is InChI=1S/C14H8N2O4.Na/c17-13(18)9-3-5-15-11-7(9)1-2-8-10(14(19)20)4-6-16-12(8)11;/h1-6H,(H,17,18)(H,19,20);/q;+1/p-1. The van der Waals surface area contributed by atoms with E-state index in [-0.39, 0.29) is 40.7 Å². The van der Waals surface area contributed by atoms with Crippen LogP contribution in [0.4, 0.5) is 0 Å². The van der Waals surface area contributed by atoms with E-state index >= 15 is 0 Å². The topological polar surface area (TPSA) is 103 Å². The fourth-order valence-electron chi connectivity index (χ4n) is 2.19. The average molecular weight is 290 g/mol. The number of carboxylic acids is 2. The summed E-state index contributed by atoms with van der Waals surface area (Å²) in [7, 11) is 0. The summed E-state index contributed by atoms with van der Waals surface area (Å²) in [5.74, 6) is -2.39. The Balaban J connectivity index is 0.00000161. The van der Waals surface area contributed by atoms with Gasteiger partial charge in [0.25, 0.3) is 0 Å². The van der Waals surface area contributed by atoms with Crippen molar-refractivity contribution >= 4 is 33.7 Å². The first-order chi connectivity index (χ1) is 9.59. The number of fused-ring (bicyclic) bond motifs is 3. The number of pyridine rings is 2. The minimum atomic E-state index is -1.31. The molecule has 0 atom stereocenters. The fraction of sp³-hybridized carbons (Fsp3) is 0. The molecule has 3 aromatic rings. The molecular weight excluding hydrogens is 283 g/mol. The van der Waals surface area contributed by atoms with Gasteiger partial charge in [-0.15, -0.1) is 0 Å². The Morgan fingerprint density at radius 3 is 1.86 bits per heavy atom. The molecule has 0 radical (unpaired) electrons. The van der Waals surface area contributed by atoms with Crippen LogP contribution in [0.15, 0.2) is 36.7 Å². The second kappa shape index (κ2) is 5.77. The van der Waals surface area contributed by atoms with Crippen LogP contribution in [0.5, 0.6) is 0 Å². The first kappa shape index (κ1) is 15.4. The number of carbonyl (C=O) groups is 2. The van der Waals surface area contributed by atoms with E-state index in [0.29, 0.717) is 21.8 Å². The predicted molar refractivity (Wildman–Crippen MR) is 68.3 cm³/mol. The summed E-state index contributed by atoms with van der Waals surface area (Å²) < 4.78 is 0. The van der Waals surface area contributed by atoms with Gasteiger partial charge in [0.15, 0.2) is 0 Å². The molecule has 0 fully saturated rings. The number of aromatic carboxylic acids is 2. The molecule has 2 aromatic heterocycles. The van der Waals surface area contributed by atoms with Crippen molar-refractivity contribution in [3.63, 3.8) is 0 Å². The molecule has 0 aliphatic carbocycles. The monoisotopic (exact) mass is 290 g/mol. The maximum absolute atomic E-state index is 11.2. The third-order valence-corrected chi connectivity index (χ3v) is 3.07. The Kier molecular flexibility index (Phi) is 4.22. The van der Waals surface area contributed by atoms with Crippen LogP contribution < -0.4 is 34.7 Å². The number of aromatic nitrogens is 2. The zero-order valence-corrected chi connectivity index (χ0v) is 13.0. The molecule has 0 saturated carbocycles. The number of nitrogens with zero attached hydrogens (tertiary/aromatic N) is 2. The van der Waals surface area contributed by atoms with E-state index < -0.39 is 11.9 Å². The summed E-state index contributed by atoms with van der Waals surface area (Å²) in [6, 6.07) is 5.77. The van der Waals surface area contributed by atoms with E-state index in [0.717, 1.165) is 0 Å². The van der Waals surface area contributed by atoms with Crippen LogP contribution in [0.2, 0.25) is 0 Å². The van der Waals surface area contributed by atoms with Crippen LogP contribution in [0.3, 0.4) is 0 Å². The van der Waals surface area contributed by atoms with E-state index in [1.165, 1.54) is 36.7 Å². The van der Waals surface area contributed by atoms with Crippen molar-refractivity contribution in [1.82, 2.24) is 9.97 Å². The van der Waals surface area contributed by atoms with Gasteiger partial charge in [-0.3, -0.25) is 9.97 Å². The van der Waals surface area contributed by atoms with Crippen molar-refractivity contribution in [3.8, 4) is 0 Å². The van der Waals surface area contributed by atoms with Gasteiger partial charge in [-0.25, -0.2) is 4.79 Å². The van der Waals surface area contributed by atoms with Crippen molar-refractivity contribution in [3.05, 3.63) is 47.8 Å². The third-order valence-electron chi connectivity index (χ3n) is 3.07. The minimum absolute atomic E-state index is 0. The second-order valence-corrected chi connectivity index (χ2v) is 4.17. The molecule has 7 heteroatoms. The zero-order valence-electron chi connectivity index (χ0n) is 11.0. The molecule has 98 valence electrons. The van der Waals surface area contributed by atoms with Crippen molar-refractivity contribution < 1.29 is 49.4 Å². The maximum atomic E-state index is 11.2. The largest absolute Gasteiger partial charge is 1.00 e. The van der Waals surface area contributed by atoms with Gasteiger partial charge in [-0.1, -0.05) is 12.1 Å². The first-order valence-corrected chi connectivity index (χ1v) is 5.70. The molecular formula is C14H7N2NaO4. The maximum Gasteiger partial charge on any atom is 1.00 e. The number of hydrogen-bond donors (Lipinski definition) is 1.